The van der Waals surface area contributed by atoms with Gasteiger partial charge in [0.15, 0.2) is 0 Å². The molecule has 0 aliphatic heterocycles. The second-order valence-corrected chi connectivity index (χ2v) is 6.06. The molecule has 0 radical (unpaired) electrons. The van der Waals surface area contributed by atoms with Crippen molar-refractivity contribution in [3.63, 3.8) is 0 Å². The van der Waals surface area contributed by atoms with Crippen LogP contribution in [0.4, 0.5) is 0 Å². The molecular formula is C17H16N4O3S. The molecule has 1 aromatic carbocycles. The summed E-state index contributed by atoms with van der Waals surface area (Å²) >= 11 is 1.40. The number of amides is 1. The maximum atomic E-state index is 11.5. The van der Waals surface area contributed by atoms with Gasteiger partial charge in [-0.15, -0.1) is 11.3 Å². The van der Waals surface area contributed by atoms with Gasteiger partial charge < -0.3 is 15.3 Å². The number of nitrogens with two attached hydrogens (primary N) is 1. The predicted molar refractivity (Wildman–Crippen MR) is 95.9 cm³/mol. The van der Waals surface area contributed by atoms with E-state index in [0.717, 1.165) is 5.76 Å². The van der Waals surface area contributed by atoms with Crippen LogP contribution in [0.25, 0.3) is 11.3 Å². The molecule has 0 atom stereocenters. The number of primary amides is 1. The van der Waals surface area contributed by atoms with Gasteiger partial charge >= 0.3 is 0 Å². The Morgan fingerprint density at radius 3 is 2.80 bits per heavy atom. The Balaban J connectivity index is 2.09. The monoisotopic (exact) mass is 356 g/mol. The Morgan fingerprint density at radius 1 is 1.36 bits per heavy atom. The third kappa shape index (κ3) is 3.38. The Kier molecular flexibility index (Phi) is 4.53. The van der Waals surface area contributed by atoms with Gasteiger partial charge in [-0.05, 0) is 37.3 Å². The number of aryl methyl sites for hydroxylation is 1. The summed E-state index contributed by atoms with van der Waals surface area (Å²) in [6.07, 6.45) is 1.59. The van der Waals surface area contributed by atoms with E-state index in [1.165, 1.54) is 23.5 Å². The Bertz CT molecular complexity index is 1030. The van der Waals surface area contributed by atoms with Crippen LogP contribution < -0.4 is 10.5 Å². The fourth-order valence-electron chi connectivity index (χ4n) is 2.29. The lowest BCUT2D eigenvalue weighted by atomic mass is 10.1. The summed E-state index contributed by atoms with van der Waals surface area (Å²) in [7, 11) is 1.67. The van der Waals surface area contributed by atoms with Crippen LogP contribution in [0.1, 0.15) is 21.9 Å². The van der Waals surface area contributed by atoms with Crippen molar-refractivity contribution in [1.29, 1.82) is 0 Å². The van der Waals surface area contributed by atoms with Crippen molar-refractivity contribution in [3.8, 4) is 17.0 Å². The van der Waals surface area contributed by atoms with E-state index in [9.17, 15) is 9.90 Å². The van der Waals surface area contributed by atoms with E-state index in [1.54, 1.807) is 24.0 Å². The molecule has 0 saturated heterocycles. The topological polar surface area (TPSA) is 106 Å². The first-order valence-electron chi connectivity index (χ1n) is 7.37. The molecule has 0 aliphatic carbocycles. The van der Waals surface area contributed by atoms with Crippen molar-refractivity contribution in [2.45, 2.75) is 6.92 Å². The van der Waals surface area contributed by atoms with E-state index in [1.807, 2.05) is 24.4 Å². The van der Waals surface area contributed by atoms with Crippen molar-refractivity contribution in [2.75, 3.05) is 7.05 Å². The maximum Gasteiger partial charge on any atom is 0.252 e. The van der Waals surface area contributed by atoms with Gasteiger partial charge in [-0.1, -0.05) is 0 Å². The number of phenols is 1. The van der Waals surface area contributed by atoms with Crippen molar-refractivity contribution < 1.29 is 14.3 Å². The molecule has 0 spiro atoms. The summed E-state index contributed by atoms with van der Waals surface area (Å²) in [5, 5.41) is 16.1. The highest BCUT2D eigenvalue weighted by Gasteiger charge is 2.13. The number of benzene rings is 1. The average molecular weight is 356 g/mol. The second-order valence-electron chi connectivity index (χ2n) is 5.23. The van der Waals surface area contributed by atoms with Crippen LogP contribution >= 0.6 is 11.3 Å². The lowest BCUT2D eigenvalue weighted by molar-refractivity contribution is 0.0998. The minimum Gasteiger partial charge on any atom is -0.507 e. The van der Waals surface area contributed by atoms with Crippen LogP contribution in [0.2, 0.25) is 0 Å². The number of aromatic nitrogens is 1. The molecule has 0 unspecified atom stereocenters. The summed E-state index contributed by atoms with van der Waals surface area (Å²) in [4.78, 5) is 16.3. The van der Waals surface area contributed by atoms with E-state index in [4.69, 9.17) is 10.2 Å². The number of hydrogen-bond donors (Lipinski definition) is 2. The minimum atomic E-state index is -0.698. The number of thiazole rings is 1. The molecule has 7 nitrogen and oxygen atoms in total. The first-order chi connectivity index (χ1) is 12.0. The van der Waals surface area contributed by atoms with Crippen LogP contribution in [-0.4, -0.2) is 29.0 Å². The maximum absolute atomic E-state index is 11.5. The molecule has 128 valence electrons. The summed E-state index contributed by atoms with van der Waals surface area (Å²) in [5.41, 5.74) is 6.76. The summed E-state index contributed by atoms with van der Waals surface area (Å²) in [5.74, 6) is 0.554. The summed E-state index contributed by atoms with van der Waals surface area (Å²) in [6.45, 7) is 1.86. The third-order valence-corrected chi connectivity index (χ3v) is 4.40. The normalized spacial score (nSPS) is 12.2. The molecule has 0 aliphatic rings. The summed E-state index contributed by atoms with van der Waals surface area (Å²) in [6, 6.07) is 8.32. The largest absolute Gasteiger partial charge is 0.507 e. The van der Waals surface area contributed by atoms with E-state index in [0.29, 0.717) is 21.8 Å². The number of carbonyl (C=O) groups excluding carboxylic acids is 1. The van der Waals surface area contributed by atoms with Crippen LogP contribution in [0.15, 0.2) is 50.2 Å². The van der Waals surface area contributed by atoms with Gasteiger partial charge in [-0.25, -0.2) is 4.68 Å². The van der Waals surface area contributed by atoms with E-state index < -0.39 is 5.91 Å². The Labute approximate surface area is 147 Å². The van der Waals surface area contributed by atoms with E-state index in [-0.39, 0.29) is 11.3 Å². The number of hydrogen-bond acceptors (Lipinski definition) is 6. The van der Waals surface area contributed by atoms with E-state index in [2.05, 4.69) is 10.1 Å². The Morgan fingerprint density at radius 2 is 2.16 bits per heavy atom. The van der Waals surface area contributed by atoms with Crippen molar-refractivity contribution in [1.82, 2.24) is 4.68 Å². The molecule has 1 amide bonds. The van der Waals surface area contributed by atoms with Crippen LogP contribution in [0.3, 0.4) is 0 Å². The zero-order valence-corrected chi connectivity index (χ0v) is 14.4. The van der Waals surface area contributed by atoms with Crippen molar-refractivity contribution in [3.05, 3.63) is 57.6 Å². The molecule has 3 N–H and O–H groups in total. The molecular weight excluding hydrogens is 340 g/mol. The summed E-state index contributed by atoms with van der Waals surface area (Å²) < 4.78 is 7.12. The first-order valence-corrected chi connectivity index (χ1v) is 8.25. The number of aromatic hydroxyl groups is 1. The molecule has 2 heterocycles. The van der Waals surface area contributed by atoms with Crippen LogP contribution in [0.5, 0.6) is 5.75 Å². The van der Waals surface area contributed by atoms with Gasteiger partial charge in [0.2, 0.25) is 4.80 Å². The molecule has 8 heteroatoms. The zero-order valence-electron chi connectivity index (χ0n) is 13.6. The van der Waals surface area contributed by atoms with Gasteiger partial charge in [0.05, 0.1) is 17.5 Å². The fraction of sp³-hybridized carbons (Fsp3) is 0.118. The molecule has 3 aromatic rings. The smallest absolute Gasteiger partial charge is 0.252 e. The highest BCUT2D eigenvalue weighted by molar-refractivity contribution is 7.07. The lowest BCUT2D eigenvalue weighted by Crippen LogP contribution is -2.13. The van der Waals surface area contributed by atoms with Crippen LogP contribution in [-0.2, 0) is 0 Å². The lowest BCUT2D eigenvalue weighted by Gasteiger charge is -2.06. The molecule has 2 aromatic heterocycles. The van der Waals surface area contributed by atoms with Gasteiger partial charge in [0.25, 0.3) is 5.91 Å². The fourth-order valence-corrected chi connectivity index (χ4v) is 3.09. The molecule has 25 heavy (non-hydrogen) atoms. The second kappa shape index (κ2) is 6.78. The average Bonchev–Trinajstić information content (AvgIpc) is 3.18. The van der Waals surface area contributed by atoms with Gasteiger partial charge in [-0.2, -0.15) is 5.10 Å². The minimum absolute atomic E-state index is 0.0517. The molecule has 0 bridgehead atoms. The highest BCUT2D eigenvalue weighted by atomic mass is 32.1. The number of carbonyl (C=O) groups is 1. The van der Waals surface area contributed by atoms with Gasteiger partial charge in [0.1, 0.15) is 17.3 Å². The van der Waals surface area contributed by atoms with Crippen molar-refractivity contribution >= 4 is 23.5 Å². The standard InChI is InChI=1S/C17H16N4O3S/c1-10-3-5-12(24-10)8-20-21-14(9-25-17(21)19-2)11-4-6-15(22)13(7-11)16(18)23/h3-9,22H,1-2H3,(H2,18,23)/b19-17?,20-8+. The molecule has 3 rings (SSSR count). The van der Waals surface area contributed by atoms with E-state index >= 15 is 0 Å². The zero-order chi connectivity index (χ0) is 18.0. The SMILES string of the molecule is CN=c1scc(-c2ccc(O)c(C(N)=O)c2)n1/N=C/c1ccc(C)o1. The number of furan rings is 1. The highest BCUT2D eigenvalue weighted by Crippen LogP contribution is 2.26. The van der Waals surface area contributed by atoms with Crippen LogP contribution in [0, 0.1) is 6.92 Å². The van der Waals surface area contributed by atoms with Crippen molar-refractivity contribution in [2.24, 2.45) is 15.8 Å². The van der Waals surface area contributed by atoms with Gasteiger partial charge in [-0.3, -0.25) is 9.79 Å². The quantitative estimate of drug-likeness (QED) is 0.701. The molecule has 0 fully saturated rings. The number of nitrogens with zero attached hydrogens (tertiary/aromatic N) is 3. The number of rotatable bonds is 4. The first kappa shape index (κ1) is 16.7. The predicted octanol–water partition coefficient (Wildman–Crippen LogP) is 2.34. The third-order valence-electron chi connectivity index (χ3n) is 3.50. The van der Waals surface area contributed by atoms with Gasteiger partial charge in [0, 0.05) is 18.0 Å². The molecule has 0 saturated carbocycles. The Hall–Kier alpha value is -3.13.